The number of ether oxygens (including phenoxy) is 1. The van der Waals surface area contributed by atoms with E-state index in [9.17, 15) is 9.59 Å². The molecule has 2 aromatic carbocycles. The molecular weight excluding hydrogens is 344 g/mol. The van der Waals surface area contributed by atoms with Gasteiger partial charge >= 0.3 is 5.63 Å². The van der Waals surface area contributed by atoms with Crippen LogP contribution in [0.25, 0.3) is 11.0 Å². The lowest BCUT2D eigenvalue weighted by atomic mass is 10.1. The van der Waals surface area contributed by atoms with E-state index in [1.165, 1.54) is 0 Å². The van der Waals surface area contributed by atoms with Crippen molar-refractivity contribution in [2.45, 2.75) is 20.3 Å². The molecule has 2 N–H and O–H groups in total. The van der Waals surface area contributed by atoms with E-state index in [1.54, 1.807) is 36.4 Å². The van der Waals surface area contributed by atoms with Crippen molar-refractivity contribution in [2.24, 2.45) is 0 Å². The Morgan fingerprint density at radius 1 is 1.04 bits per heavy atom. The molecule has 0 spiro atoms. The van der Waals surface area contributed by atoms with Crippen molar-refractivity contribution in [1.82, 2.24) is 0 Å². The van der Waals surface area contributed by atoms with Crippen LogP contribution in [0.3, 0.4) is 0 Å². The van der Waals surface area contributed by atoms with Gasteiger partial charge in [0.05, 0.1) is 12.3 Å². The minimum absolute atomic E-state index is 0.104. The van der Waals surface area contributed by atoms with Crippen LogP contribution in [-0.4, -0.2) is 19.1 Å². The first-order chi connectivity index (χ1) is 13.1. The molecule has 6 nitrogen and oxygen atoms in total. The van der Waals surface area contributed by atoms with Crippen molar-refractivity contribution >= 4 is 28.3 Å². The molecule has 6 heteroatoms. The van der Waals surface area contributed by atoms with Gasteiger partial charge in [-0.1, -0.05) is 19.1 Å². The first kappa shape index (κ1) is 18.5. The van der Waals surface area contributed by atoms with Crippen LogP contribution in [0.15, 0.2) is 57.7 Å². The summed E-state index contributed by atoms with van der Waals surface area (Å²) in [5.41, 5.74) is 0.955. The highest BCUT2D eigenvalue weighted by molar-refractivity contribution is 6.08. The number of rotatable bonds is 7. The lowest BCUT2D eigenvalue weighted by Crippen LogP contribution is -2.20. The van der Waals surface area contributed by atoms with E-state index < -0.39 is 11.5 Å². The predicted octanol–water partition coefficient (Wildman–Crippen LogP) is 4.27. The van der Waals surface area contributed by atoms with Crippen LogP contribution in [0.5, 0.6) is 5.75 Å². The number of anilines is 2. The molecule has 0 aliphatic rings. The van der Waals surface area contributed by atoms with Gasteiger partial charge in [-0.2, -0.15) is 0 Å². The summed E-state index contributed by atoms with van der Waals surface area (Å²) < 4.78 is 10.9. The molecule has 0 atom stereocenters. The third kappa shape index (κ3) is 4.11. The van der Waals surface area contributed by atoms with Gasteiger partial charge in [-0.05, 0) is 49.7 Å². The topological polar surface area (TPSA) is 80.6 Å². The van der Waals surface area contributed by atoms with E-state index in [1.807, 2.05) is 26.0 Å². The number of para-hydroxylation sites is 1. The van der Waals surface area contributed by atoms with E-state index >= 15 is 0 Å². The van der Waals surface area contributed by atoms with E-state index in [2.05, 4.69) is 10.6 Å². The van der Waals surface area contributed by atoms with Crippen LogP contribution in [0, 0.1) is 0 Å². The second-order valence-corrected chi connectivity index (χ2v) is 5.99. The molecule has 1 heterocycles. The molecule has 0 saturated carbocycles. The molecule has 0 radical (unpaired) electrons. The molecule has 0 fully saturated rings. The van der Waals surface area contributed by atoms with Gasteiger partial charge < -0.3 is 19.8 Å². The van der Waals surface area contributed by atoms with Gasteiger partial charge in [0.2, 0.25) is 0 Å². The van der Waals surface area contributed by atoms with Gasteiger partial charge in [0, 0.05) is 17.5 Å². The molecule has 0 aliphatic heterocycles. The van der Waals surface area contributed by atoms with E-state index in [-0.39, 0.29) is 5.69 Å². The van der Waals surface area contributed by atoms with Crippen molar-refractivity contribution in [3.63, 3.8) is 0 Å². The molecular formula is C21H22N2O4. The van der Waals surface area contributed by atoms with Crippen LogP contribution in [0.1, 0.15) is 30.6 Å². The average molecular weight is 366 g/mol. The largest absolute Gasteiger partial charge is 0.494 e. The Morgan fingerprint density at radius 3 is 2.48 bits per heavy atom. The van der Waals surface area contributed by atoms with Crippen molar-refractivity contribution in [3.8, 4) is 5.75 Å². The molecule has 27 heavy (non-hydrogen) atoms. The second kappa shape index (κ2) is 8.40. The highest BCUT2D eigenvalue weighted by Gasteiger charge is 2.17. The molecule has 0 bridgehead atoms. The molecule has 1 aromatic heterocycles. The Hall–Kier alpha value is -3.28. The van der Waals surface area contributed by atoms with Gasteiger partial charge in [0.1, 0.15) is 11.3 Å². The van der Waals surface area contributed by atoms with Crippen LogP contribution in [-0.2, 0) is 0 Å². The summed E-state index contributed by atoms with van der Waals surface area (Å²) in [4.78, 5) is 25.1. The fourth-order valence-electron chi connectivity index (χ4n) is 2.73. The highest BCUT2D eigenvalue weighted by Crippen LogP contribution is 2.28. The number of carbonyl (C=O) groups excluding carboxylic acids is 1. The minimum Gasteiger partial charge on any atom is -0.494 e. The monoisotopic (exact) mass is 366 g/mol. The lowest BCUT2D eigenvalue weighted by Gasteiger charge is -2.13. The fraction of sp³-hybridized carbons (Fsp3) is 0.238. The SMILES string of the molecule is CCCOc1ccc(C(=O)Nc2c(NCC)c3ccccc3oc2=O)cc1. The molecule has 3 aromatic rings. The number of fused-ring (bicyclic) bond motifs is 1. The quantitative estimate of drug-likeness (QED) is 0.611. The molecule has 3 rings (SSSR count). The molecule has 140 valence electrons. The maximum Gasteiger partial charge on any atom is 0.362 e. The predicted molar refractivity (Wildman–Crippen MR) is 107 cm³/mol. The van der Waals surface area contributed by atoms with Crippen molar-refractivity contribution in [1.29, 1.82) is 0 Å². The summed E-state index contributed by atoms with van der Waals surface area (Å²) in [7, 11) is 0. The normalized spacial score (nSPS) is 10.6. The molecule has 0 saturated heterocycles. The Balaban J connectivity index is 1.91. The Kier molecular flexibility index (Phi) is 5.76. The summed E-state index contributed by atoms with van der Waals surface area (Å²) in [5, 5.41) is 6.57. The summed E-state index contributed by atoms with van der Waals surface area (Å²) in [6.07, 6.45) is 0.910. The maximum absolute atomic E-state index is 12.6. The summed E-state index contributed by atoms with van der Waals surface area (Å²) in [6.45, 7) is 5.17. The Bertz CT molecular complexity index is 993. The number of hydrogen-bond donors (Lipinski definition) is 2. The summed E-state index contributed by atoms with van der Waals surface area (Å²) in [6, 6.07) is 14.0. The second-order valence-electron chi connectivity index (χ2n) is 5.99. The third-order valence-corrected chi connectivity index (χ3v) is 3.99. The first-order valence-electron chi connectivity index (χ1n) is 8.98. The number of amides is 1. The van der Waals surface area contributed by atoms with E-state index in [4.69, 9.17) is 9.15 Å². The van der Waals surface area contributed by atoms with E-state index in [0.29, 0.717) is 35.7 Å². The number of benzene rings is 2. The summed E-state index contributed by atoms with van der Waals surface area (Å²) >= 11 is 0. The minimum atomic E-state index is -0.596. The number of nitrogens with one attached hydrogen (secondary N) is 2. The zero-order chi connectivity index (χ0) is 19.2. The van der Waals surface area contributed by atoms with Crippen LogP contribution >= 0.6 is 0 Å². The average Bonchev–Trinajstić information content (AvgIpc) is 2.69. The third-order valence-electron chi connectivity index (χ3n) is 3.99. The van der Waals surface area contributed by atoms with Crippen molar-refractivity contribution in [2.75, 3.05) is 23.8 Å². The molecule has 1 amide bonds. The van der Waals surface area contributed by atoms with Crippen molar-refractivity contribution in [3.05, 3.63) is 64.5 Å². The fourth-order valence-corrected chi connectivity index (χ4v) is 2.73. The van der Waals surface area contributed by atoms with Gasteiger partial charge in [0.15, 0.2) is 5.69 Å². The van der Waals surface area contributed by atoms with Gasteiger partial charge in [-0.25, -0.2) is 4.79 Å². The van der Waals surface area contributed by atoms with E-state index in [0.717, 1.165) is 11.8 Å². The zero-order valence-electron chi connectivity index (χ0n) is 15.4. The smallest absolute Gasteiger partial charge is 0.362 e. The maximum atomic E-state index is 12.6. The molecule has 0 aliphatic carbocycles. The lowest BCUT2D eigenvalue weighted by molar-refractivity contribution is 0.102. The first-order valence-corrected chi connectivity index (χ1v) is 8.98. The van der Waals surface area contributed by atoms with Crippen LogP contribution in [0.2, 0.25) is 0 Å². The van der Waals surface area contributed by atoms with Crippen LogP contribution in [0.4, 0.5) is 11.4 Å². The Morgan fingerprint density at radius 2 is 1.78 bits per heavy atom. The Labute approximate surface area is 157 Å². The number of carbonyl (C=O) groups is 1. The van der Waals surface area contributed by atoms with Gasteiger partial charge in [0.25, 0.3) is 5.91 Å². The van der Waals surface area contributed by atoms with Gasteiger partial charge in [-0.3, -0.25) is 4.79 Å². The highest BCUT2D eigenvalue weighted by atomic mass is 16.5. The van der Waals surface area contributed by atoms with Crippen LogP contribution < -0.4 is 21.0 Å². The van der Waals surface area contributed by atoms with Crippen molar-refractivity contribution < 1.29 is 13.9 Å². The van der Waals surface area contributed by atoms with Gasteiger partial charge in [-0.15, -0.1) is 0 Å². The number of hydrogen-bond acceptors (Lipinski definition) is 5. The zero-order valence-corrected chi connectivity index (χ0v) is 15.4. The molecule has 0 unspecified atom stereocenters. The standard InChI is InChI=1S/C21H22N2O4/c1-3-13-26-15-11-9-14(10-12-15)20(24)23-19-18(22-4-2)16-7-5-6-8-17(16)27-21(19)25/h5-12,22H,3-4,13H2,1-2H3,(H,23,24). The summed E-state index contributed by atoms with van der Waals surface area (Å²) in [5.74, 6) is 0.311.